The Hall–Kier alpha value is -2.98. The Morgan fingerprint density at radius 3 is 2.66 bits per heavy atom. The highest BCUT2D eigenvalue weighted by Crippen LogP contribution is 2.44. The van der Waals surface area contributed by atoms with Gasteiger partial charge in [0, 0.05) is 19.1 Å². The van der Waals surface area contributed by atoms with Crippen molar-refractivity contribution in [3.63, 3.8) is 0 Å². The van der Waals surface area contributed by atoms with Crippen molar-refractivity contribution in [2.75, 3.05) is 13.3 Å². The van der Waals surface area contributed by atoms with Gasteiger partial charge in [-0.3, -0.25) is 4.90 Å². The van der Waals surface area contributed by atoms with E-state index in [4.69, 9.17) is 14.2 Å². The molecule has 0 saturated heterocycles. The van der Waals surface area contributed by atoms with Crippen LogP contribution in [0.2, 0.25) is 0 Å². The topological polar surface area (TPSA) is 30.9 Å². The lowest BCUT2D eigenvalue weighted by molar-refractivity contribution is 0.160. The van der Waals surface area contributed by atoms with E-state index in [-0.39, 0.29) is 0 Å². The van der Waals surface area contributed by atoms with E-state index >= 15 is 0 Å². The molecule has 146 valence electrons. The number of ether oxygens (including phenoxy) is 3. The number of fused-ring (bicyclic) bond motifs is 5. The molecule has 0 spiro atoms. The Balaban J connectivity index is 1.27. The molecule has 0 N–H and O–H groups in total. The van der Waals surface area contributed by atoms with E-state index < -0.39 is 0 Å². The van der Waals surface area contributed by atoms with Crippen LogP contribution in [0.15, 0.2) is 60.7 Å². The van der Waals surface area contributed by atoms with Gasteiger partial charge in [0.1, 0.15) is 12.4 Å². The van der Waals surface area contributed by atoms with Crippen molar-refractivity contribution in [1.29, 1.82) is 0 Å². The maximum absolute atomic E-state index is 6.07. The lowest BCUT2D eigenvalue weighted by Gasteiger charge is -2.41. The molecule has 0 radical (unpaired) electrons. The molecule has 1 unspecified atom stereocenters. The summed E-state index contributed by atoms with van der Waals surface area (Å²) in [5, 5.41) is 0. The highest BCUT2D eigenvalue weighted by Gasteiger charge is 2.33. The monoisotopic (exact) mass is 385 g/mol. The van der Waals surface area contributed by atoms with Gasteiger partial charge >= 0.3 is 0 Å². The van der Waals surface area contributed by atoms with Crippen molar-refractivity contribution in [2.45, 2.75) is 32.0 Å². The number of benzene rings is 3. The number of hydrogen-bond acceptors (Lipinski definition) is 4. The third kappa shape index (κ3) is 3.04. The molecule has 0 bridgehead atoms. The summed E-state index contributed by atoms with van der Waals surface area (Å²) in [6, 6.07) is 21.7. The molecule has 0 aromatic heterocycles. The molecule has 4 heteroatoms. The Morgan fingerprint density at radius 1 is 0.897 bits per heavy atom. The number of rotatable bonds is 3. The Kier molecular flexibility index (Phi) is 3.98. The minimum atomic E-state index is 0.331. The Labute approximate surface area is 170 Å². The van der Waals surface area contributed by atoms with E-state index in [1.165, 1.54) is 27.8 Å². The fraction of sp³-hybridized carbons (Fsp3) is 0.280. The fourth-order valence-electron chi connectivity index (χ4n) is 4.78. The molecule has 0 fully saturated rings. The number of hydrogen-bond donors (Lipinski definition) is 0. The second-order valence-corrected chi connectivity index (χ2v) is 8.05. The molecule has 3 heterocycles. The first-order valence-corrected chi connectivity index (χ1v) is 10.3. The van der Waals surface area contributed by atoms with Crippen LogP contribution in [0, 0.1) is 0 Å². The van der Waals surface area contributed by atoms with Crippen molar-refractivity contribution in [3.05, 3.63) is 88.5 Å². The van der Waals surface area contributed by atoms with E-state index in [2.05, 4.69) is 47.4 Å². The lowest BCUT2D eigenvalue weighted by atomic mass is 9.84. The van der Waals surface area contributed by atoms with E-state index in [0.29, 0.717) is 19.4 Å². The van der Waals surface area contributed by atoms with Crippen LogP contribution in [0.3, 0.4) is 0 Å². The first-order valence-electron chi connectivity index (χ1n) is 10.3. The highest BCUT2D eigenvalue weighted by atomic mass is 16.7. The van der Waals surface area contributed by atoms with Crippen molar-refractivity contribution in [3.8, 4) is 17.2 Å². The first-order chi connectivity index (χ1) is 14.3. The molecule has 29 heavy (non-hydrogen) atoms. The molecule has 6 rings (SSSR count). The van der Waals surface area contributed by atoms with Crippen LogP contribution in [-0.4, -0.2) is 18.2 Å². The van der Waals surface area contributed by atoms with E-state index in [1.54, 1.807) is 0 Å². The van der Waals surface area contributed by atoms with Crippen LogP contribution in [-0.2, 0) is 26.0 Å². The fourth-order valence-corrected chi connectivity index (χ4v) is 4.78. The zero-order valence-electron chi connectivity index (χ0n) is 16.3. The molecule has 4 nitrogen and oxygen atoms in total. The smallest absolute Gasteiger partial charge is 0.231 e. The third-order valence-corrected chi connectivity index (χ3v) is 6.32. The third-order valence-electron chi connectivity index (χ3n) is 6.32. The van der Waals surface area contributed by atoms with Crippen molar-refractivity contribution < 1.29 is 14.2 Å². The molecule has 0 amide bonds. The standard InChI is InChI=1S/C25H23NO3/c1-2-4-17(5-3-1)15-27-21-7-6-19-14-26-9-8-18-12-24-25(29-16-28-24)13-22(18)23(26)11-20(19)10-21/h1-7,10,12-13,23H,8-9,11,14-16H2. The molecular weight excluding hydrogens is 362 g/mol. The van der Waals surface area contributed by atoms with Gasteiger partial charge in [-0.05, 0) is 64.9 Å². The van der Waals surface area contributed by atoms with Crippen LogP contribution < -0.4 is 14.2 Å². The molecule has 3 aliphatic rings. The van der Waals surface area contributed by atoms with Crippen molar-refractivity contribution in [2.24, 2.45) is 0 Å². The van der Waals surface area contributed by atoms with Gasteiger partial charge in [-0.1, -0.05) is 36.4 Å². The predicted molar refractivity (Wildman–Crippen MR) is 110 cm³/mol. The van der Waals surface area contributed by atoms with Crippen LogP contribution in [0.1, 0.15) is 33.9 Å². The molecule has 3 aromatic carbocycles. The average Bonchev–Trinajstić information content (AvgIpc) is 3.23. The van der Waals surface area contributed by atoms with Crippen LogP contribution >= 0.6 is 0 Å². The van der Waals surface area contributed by atoms with Gasteiger partial charge in [0.25, 0.3) is 0 Å². The van der Waals surface area contributed by atoms with Gasteiger partial charge in [0.05, 0.1) is 0 Å². The van der Waals surface area contributed by atoms with Crippen LogP contribution in [0.4, 0.5) is 0 Å². The largest absolute Gasteiger partial charge is 0.489 e. The second-order valence-electron chi connectivity index (χ2n) is 8.05. The summed E-state index contributed by atoms with van der Waals surface area (Å²) in [7, 11) is 0. The maximum atomic E-state index is 6.07. The molecule has 0 saturated carbocycles. The Morgan fingerprint density at radius 2 is 1.76 bits per heavy atom. The summed E-state index contributed by atoms with van der Waals surface area (Å²) >= 11 is 0. The zero-order valence-corrected chi connectivity index (χ0v) is 16.3. The summed E-state index contributed by atoms with van der Waals surface area (Å²) < 4.78 is 17.3. The molecule has 1 atom stereocenters. The maximum Gasteiger partial charge on any atom is 0.231 e. The van der Waals surface area contributed by atoms with Crippen molar-refractivity contribution >= 4 is 0 Å². The van der Waals surface area contributed by atoms with Crippen LogP contribution in [0.25, 0.3) is 0 Å². The first kappa shape index (κ1) is 16.9. The summed E-state index contributed by atoms with van der Waals surface area (Å²) in [6.07, 6.45) is 2.07. The summed E-state index contributed by atoms with van der Waals surface area (Å²) in [5.74, 6) is 2.73. The molecule has 3 aliphatic heterocycles. The molecular formula is C25H23NO3. The lowest BCUT2D eigenvalue weighted by Crippen LogP contribution is -2.39. The average molecular weight is 385 g/mol. The zero-order chi connectivity index (χ0) is 19.2. The number of nitrogens with zero attached hydrogens (tertiary/aromatic N) is 1. The Bertz CT molecular complexity index is 1060. The van der Waals surface area contributed by atoms with E-state index in [9.17, 15) is 0 Å². The van der Waals surface area contributed by atoms with Gasteiger partial charge in [-0.25, -0.2) is 0 Å². The summed E-state index contributed by atoms with van der Waals surface area (Å²) in [6.45, 7) is 3.01. The SMILES string of the molecule is c1ccc(COc2ccc3c(c2)CC2c4cc5c(cc4CCN2C3)OCO5)cc1. The van der Waals surface area contributed by atoms with Gasteiger partial charge in [0.2, 0.25) is 6.79 Å². The quantitative estimate of drug-likeness (QED) is 0.657. The van der Waals surface area contributed by atoms with Crippen LogP contribution in [0.5, 0.6) is 17.2 Å². The second kappa shape index (κ2) is 6.82. The minimum absolute atomic E-state index is 0.331. The van der Waals surface area contributed by atoms with Crippen molar-refractivity contribution in [1.82, 2.24) is 4.90 Å². The van der Waals surface area contributed by atoms with Gasteiger partial charge in [-0.15, -0.1) is 0 Å². The summed E-state index contributed by atoms with van der Waals surface area (Å²) in [4.78, 5) is 2.59. The van der Waals surface area contributed by atoms with E-state index in [0.717, 1.165) is 43.2 Å². The van der Waals surface area contributed by atoms with Gasteiger partial charge in [0.15, 0.2) is 11.5 Å². The minimum Gasteiger partial charge on any atom is -0.489 e. The summed E-state index contributed by atoms with van der Waals surface area (Å²) in [5.41, 5.74) is 6.78. The highest BCUT2D eigenvalue weighted by molar-refractivity contribution is 5.52. The predicted octanol–water partition coefficient (Wildman–Crippen LogP) is 4.65. The molecule has 0 aliphatic carbocycles. The van der Waals surface area contributed by atoms with Gasteiger partial charge < -0.3 is 14.2 Å². The normalized spacial score (nSPS) is 19.2. The molecule has 3 aromatic rings. The van der Waals surface area contributed by atoms with E-state index in [1.807, 2.05) is 18.2 Å². The van der Waals surface area contributed by atoms with Gasteiger partial charge in [-0.2, -0.15) is 0 Å².